The van der Waals surface area contributed by atoms with Gasteiger partial charge in [-0.05, 0) is 12.8 Å². The van der Waals surface area contributed by atoms with Crippen molar-refractivity contribution in [3.63, 3.8) is 0 Å². The molecule has 0 unspecified atom stereocenters. The summed E-state index contributed by atoms with van der Waals surface area (Å²) in [5.41, 5.74) is 0. The molecule has 0 spiro atoms. The Morgan fingerprint density at radius 2 is 0.931 bits per heavy atom. The van der Waals surface area contributed by atoms with E-state index >= 15 is 0 Å². The second-order valence-electron chi connectivity index (χ2n) is 6.61. The fourth-order valence-corrected chi connectivity index (χ4v) is 11.7. The van der Waals surface area contributed by atoms with Gasteiger partial charge in [0.2, 0.25) is 23.6 Å². The second-order valence-corrected chi connectivity index (χ2v) is 13.3. The first-order valence-electron chi connectivity index (χ1n) is 8.51. The molecule has 0 aromatic carbocycles. The molecule has 0 aliphatic carbocycles. The van der Waals surface area contributed by atoms with E-state index in [0.29, 0.717) is 0 Å². The predicted octanol–water partition coefficient (Wildman–Crippen LogP) is -2.35. The first-order valence-corrected chi connectivity index (χ1v) is 13.0. The average Bonchev–Trinajstić information content (AvgIpc) is 3.27. The van der Waals surface area contributed by atoms with Crippen LogP contribution in [0.4, 0.5) is 0 Å². The van der Waals surface area contributed by atoms with Crippen molar-refractivity contribution in [3.05, 3.63) is 0 Å². The number of rotatable bonds is 6. The first-order chi connectivity index (χ1) is 13.3. The van der Waals surface area contributed by atoms with E-state index < -0.39 is 83.5 Å². The maximum Gasteiger partial charge on any atom is 0.319 e. The summed E-state index contributed by atoms with van der Waals surface area (Å²) in [4.78, 5) is 47.8. The monoisotopic (exact) mass is 471 g/mol. The summed E-state index contributed by atoms with van der Waals surface area (Å²) in [5, 5.41) is 0. The summed E-state index contributed by atoms with van der Waals surface area (Å²) >= 11 is 0. The van der Waals surface area contributed by atoms with Crippen LogP contribution in [0.5, 0.6) is 0 Å². The van der Waals surface area contributed by atoms with Crippen LogP contribution < -0.4 is 0 Å². The third-order valence-corrected chi connectivity index (χ3v) is 13.4. The minimum atomic E-state index is -5.67. The lowest BCUT2D eigenvalue weighted by Gasteiger charge is -2.29. The highest BCUT2D eigenvalue weighted by Crippen LogP contribution is 2.33. The van der Waals surface area contributed by atoms with Crippen molar-refractivity contribution < 1.29 is 44.4 Å². The molecule has 13 nitrogen and oxygen atoms in total. The Balaban J connectivity index is 2.22. The standard InChI is InChI=1S/C13H17N3O10S3/c17-9-3-1-7-14(9)27(21,22)13(28(23,24)15-8-2-4-10(15)18)29(25,26)16-11(19)5-6-12(16)20/h13H,1-8H2. The minimum Gasteiger partial charge on any atom is -0.274 e. The van der Waals surface area contributed by atoms with Crippen LogP contribution in [0, 0.1) is 0 Å². The number of hydrogen-bond acceptors (Lipinski definition) is 10. The molecular weight excluding hydrogens is 454 g/mol. The van der Waals surface area contributed by atoms with Crippen LogP contribution in [0.3, 0.4) is 0 Å². The van der Waals surface area contributed by atoms with E-state index in [-0.39, 0.29) is 38.6 Å². The molecule has 0 atom stereocenters. The van der Waals surface area contributed by atoms with Crippen molar-refractivity contribution in [3.8, 4) is 0 Å². The summed E-state index contributed by atoms with van der Waals surface area (Å²) in [7, 11) is -16.6. The van der Waals surface area contributed by atoms with Crippen molar-refractivity contribution in [2.75, 3.05) is 13.1 Å². The van der Waals surface area contributed by atoms with Gasteiger partial charge in [-0.2, -0.15) is 4.31 Å². The van der Waals surface area contributed by atoms with Crippen LogP contribution in [-0.2, 0) is 49.2 Å². The number of sulfonamides is 3. The third kappa shape index (κ3) is 3.31. The van der Waals surface area contributed by atoms with Crippen molar-refractivity contribution in [2.24, 2.45) is 0 Å². The van der Waals surface area contributed by atoms with Gasteiger partial charge in [0.15, 0.2) is 0 Å². The van der Waals surface area contributed by atoms with Gasteiger partial charge in [0.1, 0.15) is 0 Å². The molecule has 0 bridgehead atoms. The van der Waals surface area contributed by atoms with E-state index in [4.69, 9.17) is 0 Å². The van der Waals surface area contributed by atoms with Crippen molar-refractivity contribution >= 4 is 53.7 Å². The average molecular weight is 471 g/mol. The number of carbonyl (C=O) groups excluding carboxylic acids is 4. The highest BCUT2D eigenvalue weighted by molar-refractivity contribution is 8.22. The van der Waals surface area contributed by atoms with Gasteiger partial charge < -0.3 is 0 Å². The summed E-state index contributed by atoms with van der Waals surface area (Å²) < 4.78 is 74.6. The molecule has 3 aliphatic heterocycles. The zero-order valence-electron chi connectivity index (χ0n) is 14.9. The van der Waals surface area contributed by atoms with E-state index in [0.717, 1.165) is 0 Å². The van der Waals surface area contributed by atoms with Crippen molar-refractivity contribution in [2.45, 2.75) is 42.4 Å². The fourth-order valence-electron chi connectivity index (χ4n) is 3.38. The molecule has 3 fully saturated rings. The Bertz CT molecular complexity index is 1040. The largest absolute Gasteiger partial charge is 0.319 e. The second kappa shape index (κ2) is 7.02. The Kier molecular flexibility index (Phi) is 5.23. The minimum absolute atomic E-state index is 0.0368. The van der Waals surface area contributed by atoms with E-state index in [9.17, 15) is 44.4 Å². The van der Waals surface area contributed by atoms with Gasteiger partial charge in [-0.3, -0.25) is 19.2 Å². The molecule has 0 radical (unpaired) electrons. The lowest BCUT2D eigenvalue weighted by atomic mass is 10.4. The molecule has 3 saturated heterocycles. The normalized spacial score (nSPS) is 21.9. The van der Waals surface area contributed by atoms with Crippen molar-refractivity contribution in [1.29, 1.82) is 0 Å². The van der Waals surface area contributed by atoms with Gasteiger partial charge in [-0.1, -0.05) is 0 Å². The highest BCUT2D eigenvalue weighted by atomic mass is 32.3. The van der Waals surface area contributed by atoms with Gasteiger partial charge in [0.05, 0.1) is 0 Å². The Hall–Kier alpha value is -2.07. The maximum atomic E-state index is 13.0. The van der Waals surface area contributed by atoms with Crippen LogP contribution in [0.2, 0.25) is 0 Å². The number of nitrogens with zero attached hydrogens (tertiary/aromatic N) is 3. The van der Waals surface area contributed by atoms with Crippen LogP contribution in [0.15, 0.2) is 0 Å². The van der Waals surface area contributed by atoms with E-state index in [1.54, 1.807) is 0 Å². The van der Waals surface area contributed by atoms with Crippen molar-refractivity contribution in [1.82, 2.24) is 12.9 Å². The quantitative estimate of drug-likeness (QED) is 0.381. The lowest BCUT2D eigenvalue weighted by molar-refractivity contribution is -0.132. The molecule has 3 heterocycles. The molecular formula is C13H17N3O10S3. The van der Waals surface area contributed by atoms with Crippen LogP contribution in [0.1, 0.15) is 38.5 Å². The molecule has 3 aliphatic rings. The highest BCUT2D eigenvalue weighted by Gasteiger charge is 2.60. The molecule has 162 valence electrons. The fraction of sp³-hybridized carbons (Fsp3) is 0.692. The van der Waals surface area contributed by atoms with Crippen LogP contribution >= 0.6 is 0 Å². The Labute approximate surface area is 166 Å². The summed E-state index contributed by atoms with van der Waals surface area (Å²) in [5.74, 6) is -4.61. The SMILES string of the molecule is O=C1CCCN1S(=O)(=O)C(S(=O)(=O)N1CCCC1=O)S(=O)(=O)N1C(=O)CCC1=O. The number of amides is 4. The molecule has 0 N–H and O–H groups in total. The summed E-state index contributed by atoms with van der Waals surface area (Å²) in [6, 6.07) is 0. The Morgan fingerprint density at radius 3 is 1.24 bits per heavy atom. The van der Waals surface area contributed by atoms with E-state index in [2.05, 4.69) is 0 Å². The molecule has 4 amide bonds. The first kappa shape index (κ1) is 21.6. The molecule has 16 heteroatoms. The van der Waals surface area contributed by atoms with Gasteiger partial charge in [-0.15, -0.1) is 0 Å². The lowest BCUT2D eigenvalue weighted by Crippen LogP contribution is -2.56. The van der Waals surface area contributed by atoms with E-state index in [1.165, 1.54) is 0 Å². The predicted molar refractivity (Wildman–Crippen MR) is 93.5 cm³/mol. The summed E-state index contributed by atoms with van der Waals surface area (Å²) in [6.07, 6.45) is -1.52. The molecule has 0 saturated carbocycles. The van der Waals surface area contributed by atoms with Gasteiger partial charge in [0.25, 0.3) is 30.1 Å². The van der Waals surface area contributed by atoms with Gasteiger partial charge in [-0.25, -0.2) is 33.9 Å². The zero-order valence-corrected chi connectivity index (χ0v) is 17.3. The third-order valence-electron chi connectivity index (χ3n) is 4.66. The van der Waals surface area contributed by atoms with Crippen LogP contribution in [-0.4, -0.2) is 78.8 Å². The van der Waals surface area contributed by atoms with Gasteiger partial charge >= 0.3 is 3.91 Å². The summed E-state index contributed by atoms with van der Waals surface area (Å²) in [6.45, 7) is -0.920. The molecule has 29 heavy (non-hydrogen) atoms. The van der Waals surface area contributed by atoms with E-state index in [1.807, 2.05) is 0 Å². The molecule has 3 rings (SSSR count). The smallest absolute Gasteiger partial charge is 0.274 e. The number of imide groups is 1. The maximum absolute atomic E-state index is 13.0. The topological polar surface area (TPSA) is 180 Å². The molecule has 0 aromatic rings. The Morgan fingerprint density at radius 1 is 0.552 bits per heavy atom. The zero-order chi connectivity index (χ0) is 21.8. The number of hydrogen-bond donors (Lipinski definition) is 0. The van der Waals surface area contributed by atoms with Crippen LogP contribution in [0.25, 0.3) is 0 Å². The van der Waals surface area contributed by atoms with Gasteiger partial charge in [0, 0.05) is 38.8 Å². The molecule has 0 aromatic heterocycles. The number of carbonyl (C=O) groups is 4.